The second-order valence-corrected chi connectivity index (χ2v) is 5.81. The van der Waals surface area contributed by atoms with Crippen molar-refractivity contribution in [2.24, 2.45) is 0 Å². The molecule has 0 aliphatic carbocycles. The zero-order chi connectivity index (χ0) is 15.2. The number of nitrogens with one attached hydrogen (secondary N) is 1. The molecule has 0 fully saturated rings. The number of nitrogens with two attached hydrogens (primary N) is 1. The van der Waals surface area contributed by atoms with Gasteiger partial charge in [-0.3, -0.25) is 0 Å². The maximum Gasteiger partial charge on any atom is 0.407 e. The van der Waals surface area contributed by atoms with Crippen LogP contribution in [0.2, 0.25) is 5.02 Å². The van der Waals surface area contributed by atoms with Crippen LogP contribution in [0.4, 0.5) is 10.5 Å². The molecule has 0 aromatic heterocycles. The zero-order valence-electron chi connectivity index (χ0n) is 12.1. The van der Waals surface area contributed by atoms with Gasteiger partial charge in [0.25, 0.3) is 0 Å². The van der Waals surface area contributed by atoms with Gasteiger partial charge in [0.05, 0.1) is 10.7 Å². The van der Waals surface area contributed by atoms with Crippen molar-refractivity contribution in [2.75, 3.05) is 12.3 Å². The van der Waals surface area contributed by atoms with Crippen LogP contribution in [-0.2, 0) is 4.74 Å². The average Bonchev–Trinajstić information content (AvgIpc) is 2.31. The summed E-state index contributed by atoms with van der Waals surface area (Å²) in [6.45, 7) is 6.01. The van der Waals surface area contributed by atoms with E-state index in [1.165, 1.54) is 0 Å². The lowest BCUT2D eigenvalue weighted by Crippen LogP contribution is -2.32. The monoisotopic (exact) mass is 296 g/mol. The van der Waals surface area contributed by atoms with Crippen molar-refractivity contribution >= 4 is 29.5 Å². The van der Waals surface area contributed by atoms with Crippen LogP contribution in [0.25, 0.3) is 6.08 Å². The van der Waals surface area contributed by atoms with E-state index in [-0.39, 0.29) is 0 Å². The Morgan fingerprint density at radius 3 is 2.75 bits per heavy atom. The van der Waals surface area contributed by atoms with Crippen molar-refractivity contribution in [3.8, 4) is 0 Å². The number of nitrogen functional groups attached to an aromatic ring is 1. The molecule has 1 aromatic rings. The number of hydrogen-bond acceptors (Lipinski definition) is 3. The third-order valence-corrected chi connectivity index (χ3v) is 2.64. The number of hydrogen-bond donors (Lipinski definition) is 2. The van der Waals surface area contributed by atoms with Crippen LogP contribution in [0, 0.1) is 0 Å². The molecule has 110 valence electrons. The van der Waals surface area contributed by atoms with Crippen molar-refractivity contribution in [2.45, 2.75) is 32.8 Å². The molecule has 0 bridgehead atoms. The average molecular weight is 297 g/mol. The molecule has 0 heterocycles. The molecule has 1 amide bonds. The normalized spacial score (nSPS) is 11.6. The van der Waals surface area contributed by atoms with Crippen molar-refractivity contribution in [3.05, 3.63) is 34.9 Å². The first-order valence-corrected chi connectivity index (χ1v) is 6.84. The summed E-state index contributed by atoms with van der Waals surface area (Å²) in [6.07, 6.45) is 4.20. The lowest BCUT2D eigenvalue weighted by Gasteiger charge is -2.19. The largest absolute Gasteiger partial charge is 0.444 e. The molecular formula is C15H21ClN2O2. The number of rotatable bonds is 4. The van der Waals surface area contributed by atoms with Gasteiger partial charge < -0.3 is 15.8 Å². The summed E-state index contributed by atoms with van der Waals surface area (Å²) in [4.78, 5) is 11.4. The molecule has 5 heteroatoms. The first-order chi connectivity index (χ1) is 9.28. The molecule has 0 aliphatic rings. The number of carbonyl (C=O) groups is 1. The highest BCUT2D eigenvalue weighted by Crippen LogP contribution is 2.20. The number of amides is 1. The molecule has 0 spiro atoms. The predicted molar refractivity (Wildman–Crippen MR) is 83.8 cm³/mol. The maximum atomic E-state index is 11.4. The lowest BCUT2D eigenvalue weighted by atomic mass is 10.2. The van der Waals surface area contributed by atoms with Gasteiger partial charge in [-0.05, 0) is 44.9 Å². The van der Waals surface area contributed by atoms with E-state index < -0.39 is 11.7 Å². The van der Waals surface area contributed by atoms with Crippen molar-refractivity contribution < 1.29 is 9.53 Å². The van der Waals surface area contributed by atoms with Gasteiger partial charge in [0.2, 0.25) is 0 Å². The van der Waals surface area contributed by atoms with Crippen molar-refractivity contribution in [1.82, 2.24) is 5.32 Å². The van der Waals surface area contributed by atoms with E-state index in [2.05, 4.69) is 5.32 Å². The van der Waals surface area contributed by atoms with Gasteiger partial charge in [0.15, 0.2) is 0 Å². The van der Waals surface area contributed by atoms with Gasteiger partial charge in [0, 0.05) is 6.54 Å². The van der Waals surface area contributed by atoms with Crippen LogP contribution in [0.15, 0.2) is 24.3 Å². The Bertz CT molecular complexity index is 493. The van der Waals surface area contributed by atoms with E-state index >= 15 is 0 Å². The molecule has 4 nitrogen and oxygen atoms in total. The number of alkyl carbamates (subject to hydrolysis) is 1. The van der Waals surface area contributed by atoms with Crippen LogP contribution in [0.1, 0.15) is 32.8 Å². The molecular weight excluding hydrogens is 276 g/mol. The fourth-order valence-electron chi connectivity index (χ4n) is 1.44. The number of halogens is 1. The van der Waals surface area contributed by atoms with Crippen molar-refractivity contribution in [1.29, 1.82) is 0 Å². The zero-order valence-corrected chi connectivity index (χ0v) is 12.8. The third-order valence-electron chi connectivity index (χ3n) is 2.31. The number of benzene rings is 1. The molecule has 0 atom stereocenters. The molecule has 20 heavy (non-hydrogen) atoms. The van der Waals surface area contributed by atoms with Gasteiger partial charge >= 0.3 is 6.09 Å². The molecule has 0 aliphatic heterocycles. The van der Waals surface area contributed by atoms with E-state index in [0.717, 1.165) is 5.56 Å². The third kappa shape index (κ3) is 6.48. The summed E-state index contributed by atoms with van der Waals surface area (Å²) in [5.41, 5.74) is 6.70. The van der Waals surface area contributed by atoms with Crippen LogP contribution < -0.4 is 11.1 Å². The lowest BCUT2D eigenvalue weighted by molar-refractivity contribution is 0.0529. The number of ether oxygens (including phenoxy) is 1. The second kappa shape index (κ2) is 7.20. The molecule has 1 aromatic carbocycles. The minimum Gasteiger partial charge on any atom is -0.444 e. The molecule has 1 rings (SSSR count). The van der Waals surface area contributed by atoms with E-state index in [0.29, 0.717) is 23.7 Å². The number of carbonyl (C=O) groups excluding carboxylic acids is 1. The minimum absolute atomic E-state index is 0.401. The Hall–Kier alpha value is -1.68. The Kier molecular flexibility index (Phi) is 5.89. The minimum atomic E-state index is -0.472. The fraction of sp³-hybridized carbons (Fsp3) is 0.400. The van der Waals surface area contributed by atoms with Crippen molar-refractivity contribution in [3.63, 3.8) is 0 Å². The maximum absolute atomic E-state index is 11.4. The standard InChI is InChI=1S/C15H21ClN2O2/c1-15(2,3)20-14(19)18-9-5-4-6-11-7-8-13(17)12(16)10-11/h4,6-8,10H,5,9,17H2,1-3H3,(H,18,19). The van der Waals surface area contributed by atoms with Crippen LogP contribution in [-0.4, -0.2) is 18.2 Å². The SMILES string of the molecule is CC(C)(C)OC(=O)NCCC=Cc1ccc(N)c(Cl)c1. The first-order valence-electron chi connectivity index (χ1n) is 6.46. The number of anilines is 1. The molecule has 0 saturated carbocycles. The summed E-state index contributed by atoms with van der Waals surface area (Å²) in [5, 5.41) is 3.23. The topological polar surface area (TPSA) is 64.3 Å². The molecule has 0 radical (unpaired) electrons. The molecule has 0 unspecified atom stereocenters. The van der Waals surface area contributed by atoms with Crippen LogP contribution in [0.5, 0.6) is 0 Å². The highest BCUT2D eigenvalue weighted by atomic mass is 35.5. The van der Waals surface area contributed by atoms with Gasteiger partial charge in [-0.25, -0.2) is 4.79 Å². The Balaban J connectivity index is 2.32. The van der Waals surface area contributed by atoms with E-state index in [1.807, 2.05) is 39.0 Å². The summed E-state index contributed by atoms with van der Waals surface area (Å²) in [7, 11) is 0. The Morgan fingerprint density at radius 2 is 2.15 bits per heavy atom. The predicted octanol–water partition coefficient (Wildman–Crippen LogP) is 3.85. The van der Waals surface area contributed by atoms with Gasteiger partial charge in [-0.15, -0.1) is 0 Å². The Labute approximate surface area is 124 Å². The van der Waals surface area contributed by atoms with Crippen LogP contribution in [0.3, 0.4) is 0 Å². The van der Waals surface area contributed by atoms with E-state index in [1.54, 1.807) is 12.1 Å². The second-order valence-electron chi connectivity index (χ2n) is 5.40. The highest BCUT2D eigenvalue weighted by molar-refractivity contribution is 6.33. The first kappa shape index (κ1) is 16.4. The fourth-order valence-corrected chi connectivity index (χ4v) is 1.63. The summed E-state index contributed by atoms with van der Waals surface area (Å²) in [5.74, 6) is 0. The van der Waals surface area contributed by atoms with Gasteiger partial charge in [0.1, 0.15) is 5.60 Å². The quantitative estimate of drug-likeness (QED) is 0.655. The summed E-state index contributed by atoms with van der Waals surface area (Å²) >= 11 is 5.92. The molecule has 0 saturated heterocycles. The Morgan fingerprint density at radius 1 is 1.45 bits per heavy atom. The van der Waals surface area contributed by atoms with Crippen LogP contribution >= 0.6 is 11.6 Å². The smallest absolute Gasteiger partial charge is 0.407 e. The summed E-state index contributed by atoms with van der Waals surface area (Å²) < 4.78 is 5.13. The molecule has 3 N–H and O–H groups in total. The summed E-state index contributed by atoms with van der Waals surface area (Å²) in [6, 6.07) is 5.45. The van der Waals surface area contributed by atoms with Gasteiger partial charge in [-0.1, -0.05) is 29.8 Å². The highest BCUT2D eigenvalue weighted by Gasteiger charge is 2.15. The van der Waals surface area contributed by atoms with E-state index in [4.69, 9.17) is 22.1 Å². The van der Waals surface area contributed by atoms with Gasteiger partial charge in [-0.2, -0.15) is 0 Å². The van der Waals surface area contributed by atoms with E-state index in [9.17, 15) is 4.79 Å².